The molecule has 0 spiro atoms. The lowest BCUT2D eigenvalue weighted by molar-refractivity contribution is -0.142. The minimum atomic E-state index is -0.332. The highest BCUT2D eigenvalue weighted by molar-refractivity contribution is 7.13. The van der Waals surface area contributed by atoms with Crippen LogP contribution in [0.5, 0.6) is 0 Å². The molecule has 0 aromatic carbocycles. The van der Waals surface area contributed by atoms with E-state index in [1.54, 1.807) is 30.1 Å². The second-order valence-electron chi connectivity index (χ2n) is 4.75. The van der Waals surface area contributed by atoms with Crippen LogP contribution in [-0.4, -0.2) is 33.2 Å². The maximum Gasteiger partial charge on any atom is 0.311 e. The second-order valence-corrected chi connectivity index (χ2v) is 6.01. The van der Waals surface area contributed by atoms with Crippen molar-refractivity contribution in [1.82, 2.24) is 14.8 Å². The Hall–Kier alpha value is -1.93. The quantitative estimate of drug-likeness (QED) is 0.770. The molecule has 7 nitrogen and oxygen atoms in total. The van der Waals surface area contributed by atoms with Crippen molar-refractivity contribution in [2.24, 2.45) is 0 Å². The molecular weight excluding hydrogens is 340 g/mol. The molecule has 0 saturated heterocycles. The summed E-state index contributed by atoms with van der Waals surface area (Å²) in [7, 11) is 0. The number of hydrogen-bond acceptors (Lipinski definition) is 6. The molecule has 0 fully saturated rings. The summed E-state index contributed by atoms with van der Waals surface area (Å²) in [6, 6.07) is 0. The van der Waals surface area contributed by atoms with Crippen LogP contribution in [0, 0.1) is 6.92 Å². The smallest absolute Gasteiger partial charge is 0.311 e. The Labute approximate surface area is 142 Å². The molecule has 0 aliphatic rings. The zero-order valence-corrected chi connectivity index (χ0v) is 14.4. The fourth-order valence-electron chi connectivity index (χ4n) is 1.81. The van der Waals surface area contributed by atoms with E-state index in [9.17, 15) is 9.59 Å². The van der Waals surface area contributed by atoms with Crippen molar-refractivity contribution in [3.63, 3.8) is 0 Å². The standard InChI is InChI=1S/C14H17ClN4O3S/c1-3-22-13(21)6-10-8-23-14(16-10)17-12(20)4-5-19-7-11(15)9(2)18-19/h7-8H,3-6H2,1-2H3,(H,16,17,20). The summed E-state index contributed by atoms with van der Waals surface area (Å²) in [5.41, 5.74) is 1.31. The number of aromatic nitrogens is 3. The number of hydrogen-bond donors (Lipinski definition) is 1. The number of esters is 1. The number of halogens is 1. The highest BCUT2D eigenvalue weighted by Crippen LogP contribution is 2.17. The van der Waals surface area contributed by atoms with Crippen LogP contribution in [0.2, 0.25) is 5.02 Å². The van der Waals surface area contributed by atoms with Crippen molar-refractivity contribution >= 4 is 39.9 Å². The summed E-state index contributed by atoms with van der Waals surface area (Å²) in [5, 5.41) is 9.65. The van der Waals surface area contributed by atoms with Gasteiger partial charge in [-0.1, -0.05) is 11.6 Å². The van der Waals surface area contributed by atoms with E-state index >= 15 is 0 Å². The first kappa shape index (κ1) is 17.4. The fraction of sp³-hybridized carbons (Fsp3) is 0.429. The lowest BCUT2D eigenvalue weighted by atomic mass is 10.3. The van der Waals surface area contributed by atoms with Gasteiger partial charge in [0.05, 0.1) is 29.4 Å². The van der Waals surface area contributed by atoms with Crippen molar-refractivity contribution < 1.29 is 14.3 Å². The first-order valence-corrected chi connectivity index (χ1v) is 8.33. The number of nitrogens with zero attached hydrogens (tertiary/aromatic N) is 3. The number of nitrogens with one attached hydrogen (secondary N) is 1. The van der Waals surface area contributed by atoms with E-state index in [1.807, 2.05) is 0 Å². The van der Waals surface area contributed by atoms with E-state index in [1.165, 1.54) is 11.3 Å². The molecule has 1 N–H and O–H groups in total. The average molecular weight is 357 g/mol. The molecule has 0 aliphatic heterocycles. The molecule has 0 atom stereocenters. The molecule has 23 heavy (non-hydrogen) atoms. The molecule has 1 amide bonds. The molecule has 0 aliphatic carbocycles. The Morgan fingerprint density at radius 3 is 2.91 bits per heavy atom. The number of carbonyl (C=O) groups is 2. The van der Waals surface area contributed by atoms with Crippen LogP contribution in [0.15, 0.2) is 11.6 Å². The van der Waals surface area contributed by atoms with Crippen LogP contribution in [0.4, 0.5) is 5.13 Å². The van der Waals surface area contributed by atoms with E-state index in [-0.39, 0.29) is 24.7 Å². The Morgan fingerprint density at radius 1 is 1.48 bits per heavy atom. The van der Waals surface area contributed by atoms with Crippen LogP contribution in [-0.2, 0) is 27.3 Å². The summed E-state index contributed by atoms with van der Waals surface area (Å²) in [6.45, 7) is 4.32. The van der Waals surface area contributed by atoms with Gasteiger partial charge >= 0.3 is 5.97 Å². The predicted molar refractivity (Wildman–Crippen MR) is 87.7 cm³/mol. The van der Waals surface area contributed by atoms with Crippen molar-refractivity contribution in [2.45, 2.75) is 33.2 Å². The molecular formula is C14H17ClN4O3S. The van der Waals surface area contributed by atoms with Crippen LogP contribution in [0.3, 0.4) is 0 Å². The Kier molecular flexibility index (Phi) is 6.12. The van der Waals surface area contributed by atoms with Crippen molar-refractivity contribution in [3.05, 3.63) is 28.0 Å². The van der Waals surface area contributed by atoms with Crippen LogP contribution in [0.1, 0.15) is 24.7 Å². The third-order valence-electron chi connectivity index (χ3n) is 2.88. The van der Waals surface area contributed by atoms with Gasteiger partial charge in [0.2, 0.25) is 5.91 Å². The van der Waals surface area contributed by atoms with Gasteiger partial charge in [-0.15, -0.1) is 11.3 Å². The molecule has 0 saturated carbocycles. The number of ether oxygens (including phenoxy) is 1. The molecule has 124 valence electrons. The monoisotopic (exact) mass is 356 g/mol. The third-order valence-corrected chi connectivity index (χ3v) is 4.06. The number of amides is 1. The Bertz CT molecular complexity index is 679. The maximum absolute atomic E-state index is 11.9. The number of rotatable bonds is 7. The predicted octanol–water partition coefficient (Wildman–Crippen LogP) is 2.44. The highest BCUT2D eigenvalue weighted by Gasteiger charge is 2.11. The topological polar surface area (TPSA) is 86.1 Å². The molecule has 0 bridgehead atoms. The minimum Gasteiger partial charge on any atom is -0.466 e. The number of carbonyl (C=O) groups excluding carboxylic acids is 2. The highest BCUT2D eigenvalue weighted by atomic mass is 35.5. The lowest BCUT2D eigenvalue weighted by Gasteiger charge is -2.02. The summed E-state index contributed by atoms with van der Waals surface area (Å²) in [4.78, 5) is 27.5. The molecule has 9 heteroatoms. The lowest BCUT2D eigenvalue weighted by Crippen LogP contribution is -2.15. The number of aryl methyl sites for hydroxylation is 2. The van der Waals surface area contributed by atoms with Gasteiger partial charge in [0.25, 0.3) is 0 Å². The molecule has 0 unspecified atom stereocenters. The van der Waals surface area contributed by atoms with Gasteiger partial charge in [-0.2, -0.15) is 5.10 Å². The first-order chi connectivity index (χ1) is 11.0. The van der Waals surface area contributed by atoms with Crippen LogP contribution in [0.25, 0.3) is 0 Å². The summed E-state index contributed by atoms with van der Waals surface area (Å²) >= 11 is 7.18. The zero-order chi connectivity index (χ0) is 16.8. The van der Waals surface area contributed by atoms with Crippen molar-refractivity contribution in [3.8, 4) is 0 Å². The number of thiazole rings is 1. The minimum absolute atomic E-state index is 0.102. The van der Waals surface area contributed by atoms with E-state index in [4.69, 9.17) is 16.3 Å². The van der Waals surface area contributed by atoms with Gasteiger partial charge in [-0.25, -0.2) is 4.98 Å². The van der Waals surface area contributed by atoms with E-state index in [0.29, 0.717) is 29.0 Å². The molecule has 0 radical (unpaired) electrons. The second kappa shape index (κ2) is 8.07. The zero-order valence-electron chi connectivity index (χ0n) is 12.8. The largest absolute Gasteiger partial charge is 0.466 e. The molecule has 2 heterocycles. The Morgan fingerprint density at radius 2 is 2.26 bits per heavy atom. The van der Waals surface area contributed by atoms with Gasteiger partial charge in [-0.3, -0.25) is 14.3 Å². The average Bonchev–Trinajstić information content (AvgIpc) is 3.04. The summed E-state index contributed by atoms with van der Waals surface area (Å²) in [5.74, 6) is -0.507. The normalized spacial score (nSPS) is 10.6. The summed E-state index contributed by atoms with van der Waals surface area (Å²) in [6.07, 6.45) is 2.04. The Balaban J connectivity index is 1.81. The van der Waals surface area contributed by atoms with Gasteiger partial charge < -0.3 is 10.1 Å². The summed E-state index contributed by atoms with van der Waals surface area (Å²) < 4.78 is 6.48. The van der Waals surface area contributed by atoms with Gasteiger partial charge in [0.1, 0.15) is 0 Å². The van der Waals surface area contributed by atoms with Crippen LogP contribution >= 0.6 is 22.9 Å². The van der Waals surface area contributed by atoms with E-state index < -0.39 is 0 Å². The van der Waals surface area contributed by atoms with Gasteiger partial charge in [0, 0.05) is 24.5 Å². The SMILES string of the molecule is CCOC(=O)Cc1csc(NC(=O)CCn2cc(Cl)c(C)n2)n1. The molecule has 2 rings (SSSR count). The first-order valence-electron chi connectivity index (χ1n) is 7.07. The van der Waals surface area contributed by atoms with Gasteiger partial charge in [-0.05, 0) is 13.8 Å². The fourth-order valence-corrected chi connectivity index (χ4v) is 2.69. The molecule has 2 aromatic heterocycles. The molecule has 2 aromatic rings. The van der Waals surface area contributed by atoms with Crippen LogP contribution < -0.4 is 5.32 Å². The third kappa shape index (κ3) is 5.33. The van der Waals surface area contributed by atoms with E-state index in [2.05, 4.69) is 15.4 Å². The van der Waals surface area contributed by atoms with Crippen molar-refractivity contribution in [2.75, 3.05) is 11.9 Å². The van der Waals surface area contributed by atoms with Crippen molar-refractivity contribution in [1.29, 1.82) is 0 Å². The number of anilines is 1. The maximum atomic E-state index is 11.9. The van der Waals surface area contributed by atoms with Gasteiger partial charge in [0.15, 0.2) is 5.13 Å². The van der Waals surface area contributed by atoms with E-state index in [0.717, 1.165) is 5.69 Å².